The summed E-state index contributed by atoms with van der Waals surface area (Å²) >= 11 is 5.70. The number of carbonyl (C=O) groups excluding carboxylic acids is 1. The van der Waals surface area contributed by atoms with Gasteiger partial charge in [-0.15, -0.1) is 0 Å². The number of carbonyl (C=O) groups is 1. The van der Waals surface area contributed by atoms with Crippen LogP contribution in [0.1, 0.15) is 11.7 Å². The molecule has 2 atom stereocenters. The van der Waals surface area contributed by atoms with E-state index in [0.29, 0.717) is 5.02 Å². The summed E-state index contributed by atoms with van der Waals surface area (Å²) < 4.78 is 5.09. The van der Waals surface area contributed by atoms with Crippen molar-refractivity contribution in [3.63, 3.8) is 0 Å². The van der Waals surface area contributed by atoms with E-state index in [1.54, 1.807) is 12.1 Å². The zero-order valence-electron chi connectivity index (χ0n) is 6.74. The fourth-order valence-electron chi connectivity index (χ4n) is 1.23. The lowest BCUT2D eigenvalue weighted by molar-refractivity contribution is -0.119. The van der Waals surface area contributed by atoms with Crippen molar-refractivity contribution in [3.8, 4) is 0 Å². The van der Waals surface area contributed by atoms with Crippen molar-refractivity contribution < 1.29 is 9.53 Å². The molecule has 1 amide bonds. The monoisotopic (exact) mass is 197 g/mol. The van der Waals surface area contributed by atoms with Gasteiger partial charge in [0.2, 0.25) is 5.91 Å². The Labute approximate surface area is 80.4 Å². The molecule has 3 nitrogen and oxygen atoms in total. The van der Waals surface area contributed by atoms with Crippen LogP contribution in [0, 0.1) is 0 Å². The highest BCUT2D eigenvalue weighted by molar-refractivity contribution is 6.30. The summed E-state index contributed by atoms with van der Waals surface area (Å²) in [6, 6.07) is 7.18. The van der Waals surface area contributed by atoms with E-state index in [-0.39, 0.29) is 6.10 Å². The van der Waals surface area contributed by atoms with Gasteiger partial charge in [0.05, 0.1) is 0 Å². The third-order valence-corrected chi connectivity index (χ3v) is 2.22. The zero-order valence-corrected chi connectivity index (χ0v) is 7.49. The van der Waals surface area contributed by atoms with Gasteiger partial charge in [-0.05, 0) is 17.7 Å². The van der Waals surface area contributed by atoms with Crippen LogP contribution in [-0.4, -0.2) is 12.0 Å². The molecule has 0 unspecified atom stereocenters. The standard InChI is InChI=1S/C9H8ClNO2/c10-6-3-1-5(2-4-6)7-8(13-7)9(11)12/h1-4,7-8H,(H2,11,12)/t7-,8+/m0/s1. The van der Waals surface area contributed by atoms with E-state index in [1.807, 2.05) is 12.1 Å². The van der Waals surface area contributed by atoms with E-state index in [0.717, 1.165) is 5.56 Å². The number of benzene rings is 1. The summed E-state index contributed by atoms with van der Waals surface area (Å²) in [6.07, 6.45) is -0.629. The first-order valence-corrected chi connectivity index (χ1v) is 4.26. The molecule has 1 aliphatic heterocycles. The summed E-state index contributed by atoms with van der Waals surface area (Å²) in [5, 5.41) is 0.667. The molecule has 0 bridgehead atoms. The third-order valence-electron chi connectivity index (χ3n) is 1.97. The summed E-state index contributed by atoms with van der Waals surface area (Å²) in [4.78, 5) is 10.7. The molecule has 2 rings (SSSR count). The first kappa shape index (κ1) is 8.53. The average molecular weight is 198 g/mol. The molecule has 0 aliphatic carbocycles. The maximum atomic E-state index is 10.7. The van der Waals surface area contributed by atoms with Crippen LogP contribution in [0.3, 0.4) is 0 Å². The van der Waals surface area contributed by atoms with Gasteiger partial charge in [0, 0.05) is 5.02 Å². The number of ether oxygens (including phenoxy) is 1. The maximum Gasteiger partial charge on any atom is 0.249 e. The minimum absolute atomic E-state index is 0.172. The second-order valence-electron chi connectivity index (χ2n) is 2.93. The molecule has 68 valence electrons. The lowest BCUT2D eigenvalue weighted by atomic mass is 10.1. The minimum atomic E-state index is -0.457. The molecule has 1 fully saturated rings. The molecule has 0 radical (unpaired) electrons. The summed E-state index contributed by atoms with van der Waals surface area (Å²) in [5.41, 5.74) is 6.00. The van der Waals surface area contributed by atoms with Crippen LogP contribution in [0.4, 0.5) is 0 Å². The highest BCUT2D eigenvalue weighted by Crippen LogP contribution is 2.38. The first-order chi connectivity index (χ1) is 6.18. The molecule has 0 aromatic heterocycles. The fraction of sp³-hybridized carbons (Fsp3) is 0.222. The zero-order chi connectivity index (χ0) is 9.42. The van der Waals surface area contributed by atoms with E-state index in [9.17, 15) is 4.79 Å². The molecule has 13 heavy (non-hydrogen) atoms. The number of halogens is 1. The highest BCUT2D eigenvalue weighted by Gasteiger charge is 2.44. The van der Waals surface area contributed by atoms with Crippen LogP contribution in [0.25, 0.3) is 0 Å². The van der Waals surface area contributed by atoms with Gasteiger partial charge in [0.25, 0.3) is 0 Å². The topological polar surface area (TPSA) is 55.6 Å². The van der Waals surface area contributed by atoms with Gasteiger partial charge < -0.3 is 10.5 Å². The van der Waals surface area contributed by atoms with Crippen LogP contribution in [0.2, 0.25) is 5.02 Å². The van der Waals surface area contributed by atoms with Gasteiger partial charge in [-0.1, -0.05) is 23.7 Å². The SMILES string of the molecule is NC(=O)[C@@H]1O[C@H]1c1ccc(Cl)cc1. The second kappa shape index (κ2) is 3.01. The molecule has 1 aliphatic rings. The van der Waals surface area contributed by atoms with Crippen molar-refractivity contribution in [2.24, 2.45) is 5.73 Å². The molecule has 0 saturated carbocycles. The maximum absolute atomic E-state index is 10.7. The number of hydrogen-bond donors (Lipinski definition) is 1. The quantitative estimate of drug-likeness (QED) is 0.726. The van der Waals surface area contributed by atoms with Crippen LogP contribution in [0.15, 0.2) is 24.3 Å². The van der Waals surface area contributed by atoms with Crippen molar-refractivity contribution >= 4 is 17.5 Å². The predicted octanol–water partition coefficient (Wildman–Crippen LogP) is 1.27. The van der Waals surface area contributed by atoms with E-state index in [1.165, 1.54) is 0 Å². The molecule has 2 N–H and O–H groups in total. The Morgan fingerprint density at radius 1 is 1.38 bits per heavy atom. The Bertz CT molecular complexity index is 336. The summed E-state index contributed by atoms with van der Waals surface area (Å²) in [6.45, 7) is 0. The van der Waals surface area contributed by atoms with Crippen molar-refractivity contribution in [1.29, 1.82) is 0 Å². The number of amides is 1. The van der Waals surface area contributed by atoms with Crippen LogP contribution in [-0.2, 0) is 9.53 Å². The molecular weight excluding hydrogens is 190 g/mol. The Kier molecular flexibility index (Phi) is 1.98. The summed E-state index contributed by atoms with van der Waals surface area (Å²) in [5.74, 6) is -0.417. The Morgan fingerprint density at radius 2 is 2.00 bits per heavy atom. The molecule has 0 spiro atoms. The molecule has 1 heterocycles. The minimum Gasteiger partial charge on any atom is -0.367 e. The van der Waals surface area contributed by atoms with E-state index < -0.39 is 12.0 Å². The lowest BCUT2D eigenvalue weighted by Gasteiger charge is -1.94. The largest absolute Gasteiger partial charge is 0.367 e. The summed E-state index contributed by atoms with van der Waals surface area (Å²) in [7, 11) is 0. The van der Waals surface area contributed by atoms with Crippen LogP contribution >= 0.6 is 11.6 Å². The van der Waals surface area contributed by atoms with Gasteiger partial charge in [0.15, 0.2) is 6.10 Å². The number of epoxide rings is 1. The number of primary amides is 1. The predicted molar refractivity (Wildman–Crippen MR) is 48.3 cm³/mol. The van der Waals surface area contributed by atoms with Gasteiger partial charge >= 0.3 is 0 Å². The third kappa shape index (κ3) is 1.66. The second-order valence-corrected chi connectivity index (χ2v) is 3.37. The van der Waals surface area contributed by atoms with Gasteiger partial charge in [-0.25, -0.2) is 0 Å². The average Bonchev–Trinajstić information content (AvgIpc) is 2.85. The smallest absolute Gasteiger partial charge is 0.249 e. The van der Waals surface area contributed by atoms with Gasteiger partial charge in [-0.2, -0.15) is 0 Å². The number of hydrogen-bond acceptors (Lipinski definition) is 2. The molecule has 1 aromatic rings. The molecule has 1 aromatic carbocycles. The van der Waals surface area contributed by atoms with E-state index in [4.69, 9.17) is 22.1 Å². The molecular formula is C9H8ClNO2. The first-order valence-electron chi connectivity index (χ1n) is 3.89. The van der Waals surface area contributed by atoms with Crippen LogP contribution in [0.5, 0.6) is 0 Å². The molecule has 1 saturated heterocycles. The van der Waals surface area contributed by atoms with Crippen molar-refractivity contribution in [3.05, 3.63) is 34.9 Å². The fourth-order valence-corrected chi connectivity index (χ4v) is 1.36. The Hall–Kier alpha value is -1.06. The lowest BCUT2D eigenvalue weighted by Crippen LogP contribution is -2.18. The van der Waals surface area contributed by atoms with E-state index >= 15 is 0 Å². The number of nitrogens with two attached hydrogens (primary N) is 1. The van der Waals surface area contributed by atoms with Crippen LogP contribution < -0.4 is 5.73 Å². The normalized spacial score (nSPS) is 25.6. The van der Waals surface area contributed by atoms with E-state index in [2.05, 4.69) is 0 Å². The van der Waals surface area contributed by atoms with Crippen molar-refractivity contribution in [1.82, 2.24) is 0 Å². The van der Waals surface area contributed by atoms with Crippen molar-refractivity contribution in [2.45, 2.75) is 12.2 Å². The van der Waals surface area contributed by atoms with Crippen molar-refractivity contribution in [2.75, 3.05) is 0 Å². The van der Waals surface area contributed by atoms with Gasteiger partial charge in [-0.3, -0.25) is 4.79 Å². The number of rotatable bonds is 2. The highest BCUT2D eigenvalue weighted by atomic mass is 35.5. The molecule has 4 heteroatoms. The Balaban J connectivity index is 2.12. The Morgan fingerprint density at radius 3 is 2.46 bits per heavy atom. The van der Waals surface area contributed by atoms with Gasteiger partial charge in [0.1, 0.15) is 6.10 Å².